The molecule has 0 saturated heterocycles. The Morgan fingerprint density at radius 1 is 1.50 bits per heavy atom. The Morgan fingerprint density at radius 2 is 2.14 bits per heavy atom. The lowest BCUT2D eigenvalue weighted by Crippen LogP contribution is -2.46. The van der Waals surface area contributed by atoms with Crippen LogP contribution in [0.3, 0.4) is 0 Å². The highest BCUT2D eigenvalue weighted by Gasteiger charge is 2.50. The van der Waals surface area contributed by atoms with Crippen molar-refractivity contribution >= 4 is 40.4 Å². The van der Waals surface area contributed by atoms with Crippen LogP contribution >= 0.6 is 23.6 Å². The number of ether oxygens (including phenoxy) is 1. The summed E-state index contributed by atoms with van der Waals surface area (Å²) < 4.78 is 43.0. The molecule has 1 aromatic heterocycles. The van der Waals surface area contributed by atoms with E-state index in [1.165, 1.54) is 29.7 Å². The molecule has 5 nitrogen and oxygen atoms in total. The van der Waals surface area contributed by atoms with E-state index in [-0.39, 0.29) is 17.3 Å². The number of rotatable bonds is 6. The number of ketones is 1. The maximum atomic E-state index is 12.8. The number of esters is 1. The van der Waals surface area contributed by atoms with Crippen LogP contribution in [-0.2, 0) is 14.3 Å². The van der Waals surface area contributed by atoms with E-state index in [0.717, 1.165) is 0 Å². The van der Waals surface area contributed by atoms with Crippen LogP contribution in [0.25, 0.3) is 0 Å². The minimum atomic E-state index is -5.19. The summed E-state index contributed by atoms with van der Waals surface area (Å²) >= 11 is 5.81. The number of Topliss-reactive ketones (excluding diaryl/α,β-unsaturated/α-hetero) is 1. The Labute approximate surface area is 133 Å². The first kappa shape index (κ1) is 18.4. The average molecular weight is 354 g/mol. The summed E-state index contributed by atoms with van der Waals surface area (Å²) in [6.07, 6.45) is -5.19. The first-order valence-electron chi connectivity index (χ1n) is 6.04. The lowest BCUT2D eigenvalue weighted by atomic mass is 9.90. The molecule has 10 heteroatoms. The fourth-order valence-corrected chi connectivity index (χ4v) is 2.59. The third-order valence-corrected chi connectivity index (χ3v) is 3.46. The largest absolute Gasteiger partial charge is 0.465 e. The number of hydrogen-bond acceptors (Lipinski definition) is 5. The van der Waals surface area contributed by atoms with Gasteiger partial charge >= 0.3 is 12.1 Å². The lowest BCUT2D eigenvalue weighted by Gasteiger charge is -2.26. The number of halogens is 3. The Morgan fingerprint density at radius 3 is 2.55 bits per heavy atom. The lowest BCUT2D eigenvalue weighted by molar-refractivity contribution is -0.182. The second-order valence-corrected chi connectivity index (χ2v) is 5.35. The van der Waals surface area contributed by atoms with E-state index in [1.807, 2.05) is 0 Å². The van der Waals surface area contributed by atoms with Crippen LogP contribution in [0.4, 0.5) is 13.2 Å². The number of hydrogen-bond donors (Lipinski definition) is 2. The zero-order valence-corrected chi connectivity index (χ0v) is 13.0. The molecule has 0 aliphatic carbocycles. The van der Waals surface area contributed by atoms with E-state index in [4.69, 9.17) is 5.73 Å². The van der Waals surface area contributed by atoms with Gasteiger partial charge < -0.3 is 15.8 Å². The minimum absolute atomic E-state index is 0.163. The van der Waals surface area contributed by atoms with Crippen molar-refractivity contribution in [3.63, 3.8) is 0 Å². The molecule has 0 fully saturated rings. The van der Waals surface area contributed by atoms with Gasteiger partial charge in [-0.2, -0.15) is 24.5 Å². The van der Waals surface area contributed by atoms with Crippen LogP contribution in [0, 0.1) is 5.92 Å². The molecule has 0 bridgehead atoms. The van der Waals surface area contributed by atoms with Gasteiger partial charge in [-0.3, -0.25) is 9.59 Å². The molecular formula is C12H13F3N2O3S2. The van der Waals surface area contributed by atoms with E-state index in [0.29, 0.717) is 0 Å². The number of thiophene rings is 1. The van der Waals surface area contributed by atoms with E-state index in [9.17, 15) is 22.8 Å². The van der Waals surface area contributed by atoms with E-state index in [1.54, 1.807) is 5.38 Å². The minimum Gasteiger partial charge on any atom is -0.465 e. The predicted molar refractivity (Wildman–Crippen MR) is 78.2 cm³/mol. The molecule has 1 rings (SSSR count). The molecule has 1 aromatic rings. The van der Waals surface area contributed by atoms with Crippen molar-refractivity contribution in [3.8, 4) is 0 Å². The van der Waals surface area contributed by atoms with Crippen LogP contribution in [0.1, 0.15) is 18.5 Å². The van der Waals surface area contributed by atoms with Gasteiger partial charge in [-0.1, -0.05) is 0 Å². The molecule has 22 heavy (non-hydrogen) atoms. The van der Waals surface area contributed by atoms with Crippen molar-refractivity contribution in [2.24, 2.45) is 11.7 Å². The van der Waals surface area contributed by atoms with Gasteiger partial charge in [-0.15, -0.1) is 0 Å². The van der Waals surface area contributed by atoms with Crippen molar-refractivity contribution in [1.82, 2.24) is 5.32 Å². The normalized spacial score (nSPS) is 14.0. The van der Waals surface area contributed by atoms with Gasteiger partial charge in [0.1, 0.15) is 5.92 Å². The molecule has 0 aliphatic heterocycles. The zero-order chi connectivity index (χ0) is 16.9. The summed E-state index contributed by atoms with van der Waals surface area (Å²) in [4.78, 5) is 23.5. The quantitative estimate of drug-likeness (QED) is 0.462. The second kappa shape index (κ2) is 7.54. The average Bonchev–Trinajstić information content (AvgIpc) is 2.90. The number of nitrogens with one attached hydrogen (secondary N) is 1. The van der Waals surface area contributed by atoms with Gasteiger partial charge in [0.15, 0.2) is 5.11 Å². The molecule has 0 spiro atoms. The number of carbonyl (C=O) groups excluding carboxylic acids is 2. The molecule has 3 N–H and O–H groups in total. The van der Waals surface area contributed by atoms with E-state index >= 15 is 0 Å². The first-order valence-corrected chi connectivity index (χ1v) is 7.39. The standard InChI is InChI=1S/C12H13F3N2O3S2/c1-2-20-10(19)7(9(18)12(13,14)15)8(17-11(16)21)6-3-4-22-5-6/h3-5,7-8H,2H2,1H3,(H3,16,17,21). The SMILES string of the molecule is CCOC(=O)C(C(=O)C(F)(F)F)C(NC(N)=S)c1ccsc1. The van der Waals surface area contributed by atoms with E-state index in [2.05, 4.69) is 22.3 Å². The van der Waals surface area contributed by atoms with Crippen LogP contribution in [0.5, 0.6) is 0 Å². The van der Waals surface area contributed by atoms with Gasteiger partial charge in [0.2, 0.25) is 0 Å². The Bertz CT molecular complexity index is 546. The van der Waals surface area contributed by atoms with Crippen molar-refractivity contribution in [2.45, 2.75) is 19.1 Å². The summed E-state index contributed by atoms with van der Waals surface area (Å²) in [5.74, 6) is -5.63. The fourth-order valence-electron chi connectivity index (χ4n) is 1.77. The summed E-state index contributed by atoms with van der Waals surface area (Å²) in [6, 6.07) is 0.119. The number of thiocarbonyl (C=S) groups is 1. The van der Waals surface area contributed by atoms with Gasteiger partial charge in [0.25, 0.3) is 5.78 Å². The predicted octanol–water partition coefficient (Wildman–Crippen LogP) is 1.93. The number of carbonyl (C=O) groups is 2. The van der Waals surface area contributed by atoms with Crippen LogP contribution in [-0.4, -0.2) is 29.6 Å². The van der Waals surface area contributed by atoms with Gasteiger partial charge in [0.05, 0.1) is 12.6 Å². The van der Waals surface area contributed by atoms with Gasteiger partial charge in [-0.25, -0.2) is 0 Å². The van der Waals surface area contributed by atoms with Crippen LogP contribution < -0.4 is 11.1 Å². The van der Waals surface area contributed by atoms with E-state index < -0.39 is 29.9 Å². The molecule has 0 radical (unpaired) electrons. The van der Waals surface area contributed by atoms with Crippen molar-refractivity contribution in [2.75, 3.05) is 6.61 Å². The topological polar surface area (TPSA) is 81.4 Å². The molecular weight excluding hydrogens is 341 g/mol. The Kier molecular flexibility index (Phi) is 6.30. The second-order valence-electron chi connectivity index (χ2n) is 4.13. The molecule has 2 atom stereocenters. The molecule has 0 amide bonds. The Balaban J connectivity index is 3.27. The summed E-state index contributed by atoms with van der Waals surface area (Å²) in [5.41, 5.74) is 5.59. The summed E-state index contributed by atoms with van der Waals surface area (Å²) in [7, 11) is 0. The van der Waals surface area contributed by atoms with Crippen molar-refractivity contribution in [3.05, 3.63) is 22.4 Å². The highest BCUT2D eigenvalue weighted by atomic mass is 32.1. The maximum absolute atomic E-state index is 12.8. The highest BCUT2D eigenvalue weighted by Crippen LogP contribution is 2.32. The fraction of sp³-hybridized carbons (Fsp3) is 0.417. The van der Waals surface area contributed by atoms with Crippen LogP contribution in [0.2, 0.25) is 0 Å². The summed E-state index contributed by atoms with van der Waals surface area (Å²) in [5, 5.41) is 5.12. The highest BCUT2D eigenvalue weighted by molar-refractivity contribution is 7.80. The molecule has 2 unspecified atom stereocenters. The zero-order valence-electron chi connectivity index (χ0n) is 11.3. The number of alkyl halides is 3. The molecule has 0 aromatic carbocycles. The first-order chi connectivity index (χ1) is 10.2. The Hall–Kier alpha value is -1.68. The number of nitrogens with two attached hydrogens (primary N) is 1. The maximum Gasteiger partial charge on any atom is 0.451 e. The van der Waals surface area contributed by atoms with Gasteiger partial charge in [-0.05, 0) is 41.5 Å². The molecule has 122 valence electrons. The van der Waals surface area contributed by atoms with Crippen molar-refractivity contribution in [1.29, 1.82) is 0 Å². The smallest absolute Gasteiger partial charge is 0.451 e. The van der Waals surface area contributed by atoms with Crippen molar-refractivity contribution < 1.29 is 27.5 Å². The monoisotopic (exact) mass is 354 g/mol. The third kappa shape index (κ3) is 4.67. The molecule has 0 saturated carbocycles. The van der Waals surface area contributed by atoms with Crippen LogP contribution in [0.15, 0.2) is 16.8 Å². The molecule has 0 aliphatic rings. The molecule has 1 heterocycles. The summed E-state index contributed by atoms with van der Waals surface area (Å²) in [6.45, 7) is 1.26. The third-order valence-electron chi connectivity index (χ3n) is 2.64. The van der Waals surface area contributed by atoms with Gasteiger partial charge in [0, 0.05) is 0 Å².